The van der Waals surface area contributed by atoms with Crippen LogP contribution in [0.15, 0.2) is 51.8 Å². The van der Waals surface area contributed by atoms with Crippen molar-refractivity contribution in [1.82, 2.24) is 0 Å². The van der Waals surface area contributed by atoms with Gasteiger partial charge in [0.1, 0.15) is 0 Å². The van der Waals surface area contributed by atoms with E-state index < -0.39 is 9.05 Å². The molecule has 0 radical (unpaired) electrons. The second-order valence-electron chi connectivity index (χ2n) is 4.36. The predicted molar refractivity (Wildman–Crippen MR) is 86.3 cm³/mol. The first-order valence-corrected chi connectivity index (χ1v) is 9.00. The molecule has 110 valence electrons. The third kappa shape index (κ3) is 3.84. The second kappa shape index (κ2) is 6.17. The maximum atomic E-state index is 12.1. The van der Waals surface area contributed by atoms with Gasteiger partial charge in [-0.25, -0.2) is 8.42 Å². The Kier molecular flexibility index (Phi) is 4.70. The summed E-state index contributed by atoms with van der Waals surface area (Å²) in [7, 11) is 1.53. The summed E-state index contributed by atoms with van der Waals surface area (Å²) in [6, 6.07) is 11.6. The first-order valence-electron chi connectivity index (χ1n) is 5.90. The van der Waals surface area contributed by atoms with E-state index >= 15 is 0 Å². The van der Waals surface area contributed by atoms with Gasteiger partial charge < -0.3 is 5.32 Å². The number of amides is 1. The molecule has 0 saturated carbocycles. The molecule has 0 atom stereocenters. The van der Waals surface area contributed by atoms with Gasteiger partial charge in [-0.15, -0.1) is 0 Å². The molecule has 0 aliphatic heterocycles. The van der Waals surface area contributed by atoms with Gasteiger partial charge in [-0.2, -0.15) is 0 Å². The van der Waals surface area contributed by atoms with E-state index in [0.717, 1.165) is 0 Å². The lowest BCUT2D eigenvalue weighted by Gasteiger charge is -2.11. The molecule has 2 aromatic carbocycles. The van der Waals surface area contributed by atoms with Crippen molar-refractivity contribution in [3.8, 4) is 0 Å². The molecule has 2 aromatic rings. The molecule has 0 spiro atoms. The lowest BCUT2D eigenvalue weighted by Crippen LogP contribution is -2.12. The van der Waals surface area contributed by atoms with Gasteiger partial charge in [0, 0.05) is 20.7 Å². The number of rotatable bonds is 3. The topological polar surface area (TPSA) is 63.2 Å². The predicted octanol–water partition coefficient (Wildman–Crippen LogP) is 3.94. The van der Waals surface area contributed by atoms with Crippen LogP contribution in [0.2, 0.25) is 0 Å². The maximum Gasteiger partial charge on any atom is 0.261 e. The minimum absolute atomic E-state index is 0.00810. The lowest BCUT2D eigenvalue weighted by atomic mass is 10.2. The Bertz CT molecular complexity index is 791. The van der Waals surface area contributed by atoms with Crippen LogP contribution in [0.4, 0.5) is 5.69 Å². The summed E-state index contributed by atoms with van der Waals surface area (Å²) >= 11 is 3.24. The van der Waals surface area contributed by atoms with Crippen molar-refractivity contribution in [3.63, 3.8) is 0 Å². The molecule has 0 aromatic heterocycles. The fourth-order valence-corrected chi connectivity index (χ4v) is 3.60. The summed E-state index contributed by atoms with van der Waals surface area (Å²) in [5, 5.41) is 2.72. The molecule has 4 nitrogen and oxygen atoms in total. The minimum Gasteiger partial charge on any atom is -0.321 e. The SMILES string of the molecule is Cc1cc(NC(=O)c2ccccc2)c(Br)cc1S(=O)(=O)Cl. The molecule has 0 bridgehead atoms. The summed E-state index contributed by atoms with van der Waals surface area (Å²) in [5.74, 6) is -0.280. The number of anilines is 1. The van der Waals surface area contributed by atoms with Crippen LogP contribution in [0, 0.1) is 6.92 Å². The highest BCUT2D eigenvalue weighted by Gasteiger charge is 2.17. The molecule has 0 aliphatic rings. The number of carbonyl (C=O) groups is 1. The van der Waals surface area contributed by atoms with Crippen molar-refractivity contribution in [2.24, 2.45) is 0 Å². The first-order chi connectivity index (χ1) is 9.79. The van der Waals surface area contributed by atoms with E-state index in [4.69, 9.17) is 10.7 Å². The summed E-state index contributed by atoms with van der Waals surface area (Å²) in [6.45, 7) is 1.61. The van der Waals surface area contributed by atoms with Gasteiger partial charge in [0.25, 0.3) is 15.0 Å². The van der Waals surface area contributed by atoms with Crippen LogP contribution in [-0.2, 0) is 9.05 Å². The van der Waals surface area contributed by atoms with Gasteiger partial charge in [-0.3, -0.25) is 4.79 Å². The van der Waals surface area contributed by atoms with Crippen molar-refractivity contribution in [1.29, 1.82) is 0 Å². The molecular weight excluding hydrogens is 378 g/mol. The largest absolute Gasteiger partial charge is 0.321 e. The number of hydrogen-bond acceptors (Lipinski definition) is 3. The van der Waals surface area contributed by atoms with E-state index in [9.17, 15) is 13.2 Å². The second-order valence-corrected chi connectivity index (χ2v) is 7.74. The third-order valence-electron chi connectivity index (χ3n) is 2.81. The number of aryl methyl sites for hydroxylation is 1. The highest BCUT2D eigenvalue weighted by molar-refractivity contribution is 9.10. The number of carbonyl (C=O) groups excluding carboxylic acids is 1. The Morgan fingerprint density at radius 1 is 1.19 bits per heavy atom. The summed E-state index contributed by atoms with van der Waals surface area (Å²) in [5.41, 5.74) is 1.44. The quantitative estimate of drug-likeness (QED) is 0.810. The Balaban J connectivity index is 2.34. The maximum absolute atomic E-state index is 12.1. The summed E-state index contributed by atoms with van der Waals surface area (Å²) in [4.78, 5) is 12.1. The molecule has 1 amide bonds. The number of halogens is 2. The molecular formula is C14H11BrClNO3S. The van der Waals surface area contributed by atoms with Gasteiger partial charge in [0.2, 0.25) is 0 Å². The Hall–Kier alpha value is -1.37. The van der Waals surface area contributed by atoms with Crippen LogP contribution >= 0.6 is 26.6 Å². The minimum atomic E-state index is -3.82. The molecule has 0 heterocycles. The fourth-order valence-electron chi connectivity index (χ4n) is 1.81. The standard InChI is InChI=1S/C14H11BrClNO3S/c1-9-7-12(11(15)8-13(9)21(16,19)20)17-14(18)10-5-3-2-4-6-10/h2-8H,1H3,(H,17,18). The van der Waals surface area contributed by atoms with Gasteiger partial charge >= 0.3 is 0 Å². The molecule has 7 heteroatoms. The first kappa shape index (κ1) is 16.0. The average Bonchev–Trinajstić information content (AvgIpc) is 2.42. The van der Waals surface area contributed by atoms with Crippen molar-refractivity contribution < 1.29 is 13.2 Å². The summed E-state index contributed by atoms with van der Waals surface area (Å²) < 4.78 is 23.3. The zero-order valence-corrected chi connectivity index (χ0v) is 14.1. The van der Waals surface area contributed by atoms with Gasteiger partial charge in [-0.1, -0.05) is 18.2 Å². The molecule has 0 aliphatic carbocycles. The highest BCUT2D eigenvalue weighted by atomic mass is 79.9. The molecule has 0 fully saturated rings. The fraction of sp³-hybridized carbons (Fsp3) is 0.0714. The van der Waals surface area contributed by atoms with Crippen molar-refractivity contribution in [2.75, 3.05) is 5.32 Å². The number of hydrogen-bond donors (Lipinski definition) is 1. The number of nitrogens with one attached hydrogen (secondary N) is 1. The van der Waals surface area contributed by atoms with E-state index in [1.54, 1.807) is 37.3 Å². The van der Waals surface area contributed by atoms with Crippen molar-refractivity contribution in [3.05, 3.63) is 58.1 Å². The molecule has 21 heavy (non-hydrogen) atoms. The Morgan fingerprint density at radius 3 is 2.38 bits per heavy atom. The lowest BCUT2D eigenvalue weighted by molar-refractivity contribution is 0.102. The van der Waals surface area contributed by atoms with Crippen molar-refractivity contribution >= 4 is 47.3 Å². The average molecular weight is 389 g/mol. The van der Waals surface area contributed by atoms with Crippen LogP contribution in [0.25, 0.3) is 0 Å². The van der Waals surface area contributed by atoms with Gasteiger partial charge in [0.05, 0.1) is 10.6 Å². The normalized spacial score (nSPS) is 11.2. The van der Waals surface area contributed by atoms with Crippen LogP contribution in [-0.4, -0.2) is 14.3 Å². The van der Waals surface area contributed by atoms with E-state index in [0.29, 0.717) is 21.3 Å². The molecule has 1 N–H and O–H groups in total. The summed E-state index contributed by atoms with van der Waals surface area (Å²) in [6.07, 6.45) is 0. The van der Waals surface area contributed by atoms with E-state index in [1.165, 1.54) is 6.07 Å². The van der Waals surface area contributed by atoms with Gasteiger partial charge in [0.15, 0.2) is 0 Å². The molecule has 0 unspecified atom stereocenters. The number of benzene rings is 2. The zero-order chi connectivity index (χ0) is 15.6. The smallest absolute Gasteiger partial charge is 0.261 e. The zero-order valence-electron chi connectivity index (χ0n) is 10.9. The van der Waals surface area contributed by atoms with Crippen LogP contribution in [0.5, 0.6) is 0 Å². The third-order valence-corrected chi connectivity index (χ3v) is 4.93. The Labute approximate surface area is 135 Å². The van der Waals surface area contributed by atoms with Gasteiger partial charge in [-0.05, 0) is 52.7 Å². The van der Waals surface area contributed by atoms with Crippen LogP contribution in [0.1, 0.15) is 15.9 Å². The van der Waals surface area contributed by atoms with E-state index in [-0.39, 0.29) is 10.8 Å². The van der Waals surface area contributed by atoms with E-state index in [2.05, 4.69) is 21.2 Å². The molecule has 0 saturated heterocycles. The van der Waals surface area contributed by atoms with Crippen molar-refractivity contribution in [2.45, 2.75) is 11.8 Å². The monoisotopic (exact) mass is 387 g/mol. The molecule has 2 rings (SSSR count). The highest BCUT2D eigenvalue weighted by Crippen LogP contribution is 2.30. The van der Waals surface area contributed by atoms with Crippen LogP contribution in [0.3, 0.4) is 0 Å². The van der Waals surface area contributed by atoms with E-state index in [1.807, 2.05) is 6.07 Å². The van der Waals surface area contributed by atoms with Crippen LogP contribution < -0.4 is 5.32 Å². The Morgan fingerprint density at radius 2 is 1.81 bits per heavy atom.